The van der Waals surface area contributed by atoms with Crippen LogP contribution in [-0.4, -0.2) is 61.7 Å². The van der Waals surface area contributed by atoms with Gasteiger partial charge in [-0.25, -0.2) is 19.2 Å². The van der Waals surface area contributed by atoms with Crippen LogP contribution in [0, 0.1) is 0 Å². The highest BCUT2D eigenvalue weighted by Gasteiger charge is 2.51. The lowest BCUT2D eigenvalue weighted by molar-refractivity contribution is -0.226. The maximum absolute atomic E-state index is 12.5. The fraction of sp³-hybridized carbons (Fsp3) is 0.750. The molecule has 174 valence electrons. The molecule has 0 heterocycles. The summed E-state index contributed by atoms with van der Waals surface area (Å²) >= 11 is 0. The quantitative estimate of drug-likeness (QED) is 0.203. The minimum atomic E-state index is -5.67. The molecule has 0 rings (SSSR count). The van der Waals surface area contributed by atoms with Crippen LogP contribution in [-0.2, 0) is 38.1 Å². The van der Waals surface area contributed by atoms with Crippen molar-refractivity contribution in [1.29, 1.82) is 0 Å². The van der Waals surface area contributed by atoms with Crippen molar-refractivity contribution in [3.8, 4) is 0 Å². The monoisotopic (exact) mass is 454 g/mol. The van der Waals surface area contributed by atoms with Gasteiger partial charge in [-0.1, -0.05) is 26.7 Å². The third kappa shape index (κ3) is 9.78. The topological polar surface area (TPSA) is 105 Å². The predicted molar refractivity (Wildman–Crippen MR) is 83.6 cm³/mol. The maximum Gasteiger partial charge on any atom is 0.490 e. The predicted octanol–water partition coefficient (Wildman–Crippen LogP) is 2.62. The lowest BCUT2D eigenvalue weighted by Gasteiger charge is -2.25. The normalized spacial score (nSPS) is 13.7. The van der Waals surface area contributed by atoms with Gasteiger partial charge in [0.05, 0.1) is 13.2 Å². The molecule has 0 aliphatic carbocycles. The highest BCUT2D eigenvalue weighted by Crippen LogP contribution is 2.23. The van der Waals surface area contributed by atoms with Crippen molar-refractivity contribution >= 4 is 23.9 Å². The van der Waals surface area contributed by atoms with E-state index in [1.54, 1.807) is 13.8 Å². The van der Waals surface area contributed by atoms with Crippen molar-refractivity contribution in [2.45, 2.75) is 64.1 Å². The third-order valence-corrected chi connectivity index (χ3v) is 3.15. The van der Waals surface area contributed by atoms with Gasteiger partial charge in [-0.2, -0.15) is 26.3 Å². The van der Waals surface area contributed by atoms with E-state index < -0.39 is 61.7 Å². The first-order valence-electron chi connectivity index (χ1n) is 8.64. The highest BCUT2D eigenvalue weighted by atomic mass is 19.4. The Morgan fingerprint density at radius 3 is 1.20 bits per heavy atom. The van der Waals surface area contributed by atoms with Gasteiger partial charge in [0.1, 0.15) is 0 Å². The first-order valence-corrected chi connectivity index (χ1v) is 8.64. The van der Waals surface area contributed by atoms with E-state index in [1.807, 2.05) is 0 Å². The highest BCUT2D eigenvalue weighted by molar-refractivity contribution is 5.90. The first-order chi connectivity index (χ1) is 13.8. The van der Waals surface area contributed by atoms with Crippen LogP contribution in [0.15, 0.2) is 0 Å². The Kier molecular flexibility index (Phi) is 11.2. The molecule has 0 aliphatic heterocycles. The number of rotatable bonds is 11. The fourth-order valence-electron chi connectivity index (χ4n) is 1.63. The zero-order valence-electron chi connectivity index (χ0n) is 15.9. The minimum Gasteiger partial charge on any atom is -0.463 e. The summed E-state index contributed by atoms with van der Waals surface area (Å²) in [5, 5.41) is 0. The van der Waals surface area contributed by atoms with Gasteiger partial charge in [-0.15, -0.1) is 0 Å². The molecular formula is C16H20F6O8. The van der Waals surface area contributed by atoms with Gasteiger partial charge in [0, 0.05) is 0 Å². The van der Waals surface area contributed by atoms with Crippen LogP contribution in [0.3, 0.4) is 0 Å². The summed E-state index contributed by atoms with van der Waals surface area (Å²) in [4.78, 5) is 46.3. The molecule has 30 heavy (non-hydrogen) atoms. The summed E-state index contributed by atoms with van der Waals surface area (Å²) in [7, 11) is 0. The summed E-state index contributed by atoms with van der Waals surface area (Å²) in [6.07, 6.45) is -16.0. The van der Waals surface area contributed by atoms with Gasteiger partial charge in [-0.3, -0.25) is 0 Å². The van der Waals surface area contributed by atoms with Crippen molar-refractivity contribution in [3.05, 3.63) is 0 Å². The standard InChI is InChI=1S/C16H20F6O8/c1-3-5-7-27-11(23)9(29-13(25)15(17,18)19)10(12(24)28-8-6-4-2)30-14(26)16(20,21)22/h9-10H,3-8H2,1-2H3/t9-,10-/m1/s1. The molecule has 2 atom stereocenters. The number of carbonyl (C=O) groups is 4. The number of carbonyl (C=O) groups excluding carboxylic acids is 4. The Bertz CT molecular complexity index is 550. The maximum atomic E-state index is 12.5. The van der Waals surface area contributed by atoms with E-state index in [4.69, 9.17) is 0 Å². The van der Waals surface area contributed by atoms with Crippen molar-refractivity contribution in [2.24, 2.45) is 0 Å². The van der Waals surface area contributed by atoms with E-state index in [-0.39, 0.29) is 12.8 Å². The molecule has 0 saturated heterocycles. The van der Waals surface area contributed by atoms with Crippen LogP contribution in [0.25, 0.3) is 0 Å². The molecule has 0 aromatic heterocycles. The molecule has 0 spiro atoms. The van der Waals surface area contributed by atoms with Crippen LogP contribution in [0.4, 0.5) is 26.3 Å². The van der Waals surface area contributed by atoms with Gasteiger partial charge >= 0.3 is 36.2 Å². The minimum absolute atomic E-state index is 0.194. The van der Waals surface area contributed by atoms with E-state index in [2.05, 4.69) is 18.9 Å². The molecule has 0 aliphatic rings. The second-order valence-corrected chi connectivity index (χ2v) is 5.69. The Labute approximate surface area is 166 Å². The Morgan fingerprint density at radius 1 is 0.667 bits per heavy atom. The van der Waals surface area contributed by atoms with Crippen LogP contribution in [0.2, 0.25) is 0 Å². The molecule has 0 bridgehead atoms. The third-order valence-electron chi connectivity index (χ3n) is 3.15. The molecule has 0 fully saturated rings. The molecule has 0 saturated carbocycles. The van der Waals surface area contributed by atoms with Crippen LogP contribution >= 0.6 is 0 Å². The Morgan fingerprint density at radius 2 is 0.967 bits per heavy atom. The van der Waals surface area contributed by atoms with E-state index in [0.29, 0.717) is 12.8 Å². The number of ether oxygens (including phenoxy) is 4. The lowest BCUT2D eigenvalue weighted by Crippen LogP contribution is -2.50. The number of alkyl halides is 6. The largest absolute Gasteiger partial charge is 0.490 e. The summed E-state index contributed by atoms with van der Waals surface area (Å²) < 4.78 is 91.8. The first kappa shape index (κ1) is 27.5. The Hall–Kier alpha value is -2.54. The smallest absolute Gasteiger partial charge is 0.463 e. The summed E-state index contributed by atoms with van der Waals surface area (Å²) in [5.41, 5.74) is 0. The van der Waals surface area contributed by atoms with Crippen molar-refractivity contribution in [1.82, 2.24) is 0 Å². The van der Waals surface area contributed by atoms with Crippen LogP contribution in [0.1, 0.15) is 39.5 Å². The zero-order valence-corrected chi connectivity index (χ0v) is 15.9. The van der Waals surface area contributed by atoms with Crippen LogP contribution < -0.4 is 0 Å². The van der Waals surface area contributed by atoms with Crippen molar-refractivity contribution in [2.75, 3.05) is 13.2 Å². The molecule has 0 unspecified atom stereocenters. The average molecular weight is 454 g/mol. The van der Waals surface area contributed by atoms with Gasteiger partial charge in [0.25, 0.3) is 0 Å². The average Bonchev–Trinajstić information content (AvgIpc) is 2.62. The molecule has 0 amide bonds. The number of halogens is 6. The molecular weight excluding hydrogens is 434 g/mol. The lowest BCUT2D eigenvalue weighted by atomic mass is 10.2. The fourth-order valence-corrected chi connectivity index (χ4v) is 1.63. The molecule has 0 aromatic carbocycles. The number of hydrogen-bond acceptors (Lipinski definition) is 8. The van der Waals surface area contributed by atoms with Gasteiger partial charge in [0.15, 0.2) is 0 Å². The summed E-state index contributed by atoms with van der Waals surface area (Å²) in [6, 6.07) is 0. The van der Waals surface area contributed by atoms with Crippen LogP contribution in [0.5, 0.6) is 0 Å². The second-order valence-electron chi connectivity index (χ2n) is 5.69. The molecule has 14 heteroatoms. The van der Waals surface area contributed by atoms with E-state index >= 15 is 0 Å². The van der Waals surface area contributed by atoms with E-state index in [1.165, 1.54) is 0 Å². The van der Waals surface area contributed by atoms with Gasteiger partial charge in [0.2, 0.25) is 12.2 Å². The molecule has 0 N–H and O–H groups in total. The van der Waals surface area contributed by atoms with Gasteiger partial charge < -0.3 is 18.9 Å². The molecule has 8 nitrogen and oxygen atoms in total. The molecule has 0 aromatic rings. The second kappa shape index (κ2) is 12.2. The number of esters is 4. The van der Waals surface area contributed by atoms with Gasteiger partial charge in [-0.05, 0) is 12.8 Å². The number of unbranched alkanes of at least 4 members (excludes halogenated alkanes) is 2. The SMILES string of the molecule is CCCCOC(=O)[C@H](OC(=O)C(F)(F)F)[C@@H](OC(=O)C(F)(F)F)C(=O)OCCCC. The summed E-state index contributed by atoms with van der Waals surface area (Å²) in [5.74, 6) is -9.69. The summed E-state index contributed by atoms with van der Waals surface area (Å²) in [6.45, 7) is 2.46. The zero-order chi connectivity index (χ0) is 23.5. The number of hydrogen-bond donors (Lipinski definition) is 0. The Balaban J connectivity index is 5.86. The van der Waals surface area contributed by atoms with Crippen molar-refractivity contribution in [3.63, 3.8) is 0 Å². The molecule has 0 radical (unpaired) electrons. The van der Waals surface area contributed by atoms with Crippen molar-refractivity contribution < 1.29 is 64.5 Å². The van der Waals surface area contributed by atoms with E-state index in [0.717, 1.165) is 0 Å². The van der Waals surface area contributed by atoms with E-state index in [9.17, 15) is 45.5 Å².